The first kappa shape index (κ1) is 13.8. The number of hydrogen-bond donors (Lipinski definition) is 1. The number of rotatable bonds is 6. The first-order valence-corrected chi connectivity index (χ1v) is 7.15. The molecular weight excluding hydrogens is 244 g/mol. The van der Waals surface area contributed by atoms with Gasteiger partial charge in [0.2, 0.25) is 5.76 Å². The van der Waals surface area contributed by atoms with E-state index in [9.17, 15) is 13.2 Å². The van der Waals surface area contributed by atoms with E-state index >= 15 is 0 Å². The van der Waals surface area contributed by atoms with E-state index in [1.165, 1.54) is 12.1 Å². The molecule has 0 fully saturated rings. The summed E-state index contributed by atoms with van der Waals surface area (Å²) < 4.78 is 28.3. The molecule has 0 atom stereocenters. The zero-order valence-corrected chi connectivity index (χ0v) is 10.7. The Labute approximate surface area is 100 Å². The standard InChI is InChI=1S/C11H16O5S/c1-8(2)5-6-17(14,15)7-9-3-4-10(16-9)11(12)13/h3-4,8H,5-7H2,1-2H3,(H,12,13). The molecule has 0 spiro atoms. The van der Waals surface area contributed by atoms with E-state index in [-0.39, 0.29) is 23.0 Å². The van der Waals surface area contributed by atoms with Crippen LogP contribution in [-0.4, -0.2) is 25.2 Å². The molecule has 1 heterocycles. The van der Waals surface area contributed by atoms with Gasteiger partial charge in [0, 0.05) is 0 Å². The van der Waals surface area contributed by atoms with E-state index in [1.54, 1.807) is 0 Å². The molecule has 0 aliphatic carbocycles. The first-order valence-electron chi connectivity index (χ1n) is 5.32. The van der Waals surface area contributed by atoms with Gasteiger partial charge in [-0.25, -0.2) is 13.2 Å². The van der Waals surface area contributed by atoms with Gasteiger partial charge in [0.05, 0.1) is 5.75 Å². The van der Waals surface area contributed by atoms with Gasteiger partial charge in [-0.2, -0.15) is 0 Å². The lowest BCUT2D eigenvalue weighted by Gasteiger charge is -2.04. The zero-order chi connectivity index (χ0) is 13.1. The molecule has 96 valence electrons. The summed E-state index contributed by atoms with van der Waals surface area (Å²) in [6.07, 6.45) is 0.592. The van der Waals surface area contributed by atoms with E-state index in [2.05, 4.69) is 0 Å². The van der Waals surface area contributed by atoms with Crippen molar-refractivity contribution in [1.82, 2.24) is 0 Å². The lowest BCUT2D eigenvalue weighted by Crippen LogP contribution is -2.10. The summed E-state index contributed by atoms with van der Waals surface area (Å²) in [6.45, 7) is 3.90. The smallest absolute Gasteiger partial charge is 0.371 e. The number of hydrogen-bond acceptors (Lipinski definition) is 4. The van der Waals surface area contributed by atoms with Gasteiger partial charge in [0.25, 0.3) is 0 Å². The molecule has 0 unspecified atom stereocenters. The first-order chi connectivity index (χ1) is 7.80. The van der Waals surface area contributed by atoms with Crippen molar-refractivity contribution in [3.8, 4) is 0 Å². The Hall–Kier alpha value is -1.30. The molecule has 0 aliphatic rings. The maximum absolute atomic E-state index is 11.7. The monoisotopic (exact) mass is 260 g/mol. The lowest BCUT2D eigenvalue weighted by molar-refractivity contribution is 0.0660. The van der Waals surface area contributed by atoms with Crippen LogP contribution in [0.25, 0.3) is 0 Å². The average Bonchev–Trinajstić information content (AvgIpc) is 2.63. The van der Waals surface area contributed by atoms with Gasteiger partial charge in [-0.05, 0) is 24.5 Å². The maximum Gasteiger partial charge on any atom is 0.371 e. The van der Waals surface area contributed by atoms with Gasteiger partial charge in [0.15, 0.2) is 9.84 Å². The van der Waals surface area contributed by atoms with Crippen LogP contribution in [0.5, 0.6) is 0 Å². The number of carboxylic acids is 1. The van der Waals surface area contributed by atoms with Crippen molar-refractivity contribution in [2.24, 2.45) is 5.92 Å². The van der Waals surface area contributed by atoms with E-state index in [4.69, 9.17) is 9.52 Å². The third kappa shape index (κ3) is 4.60. The van der Waals surface area contributed by atoms with Crippen LogP contribution in [0.15, 0.2) is 16.5 Å². The predicted molar refractivity (Wildman–Crippen MR) is 62.6 cm³/mol. The van der Waals surface area contributed by atoms with Crippen molar-refractivity contribution in [3.05, 3.63) is 23.7 Å². The Morgan fingerprint density at radius 1 is 1.41 bits per heavy atom. The molecule has 6 heteroatoms. The fraction of sp³-hybridized carbons (Fsp3) is 0.545. The second-order valence-corrected chi connectivity index (χ2v) is 6.53. The SMILES string of the molecule is CC(C)CCS(=O)(=O)Cc1ccc(C(=O)O)o1. The fourth-order valence-electron chi connectivity index (χ4n) is 1.27. The molecule has 1 N–H and O–H groups in total. The van der Waals surface area contributed by atoms with Crippen molar-refractivity contribution >= 4 is 15.8 Å². The summed E-state index contributed by atoms with van der Waals surface area (Å²) in [5, 5.41) is 8.63. The van der Waals surface area contributed by atoms with Crippen molar-refractivity contribution < 1.29 is 22.7 Å². The van der Waals surface area contributed by atoms with Gasteiger partial charge in [-0.15, -0.1) is 0 Å². The molecule has 5 nitrogen and oxygen atoms in total. The minimum Gasteiger partial charge on any atom is -0.475 e. The molecule has 0 bridgehead atoms. The van der Waals surface area contributed by atoms with Crippen molar-refractivity contribution in [2.45, 2.75) is 26.0 Å². The molecule has 0 aromatic carbocycles. The molecule has 1 aromatic rings. The fourth-order valence-corrected chi connectivity index (χ4v) is 2.84. The summed E-state index contributed by atoms with van der Waals surface area (Å²) in [7, 11) is -3.23. The van der Waals surface area contributed by atoms with Gasteiger partial charge >= 0.3 is 5.97 Å². The molecule has 0 radical (unpaired) electrons. The van der Waals surface area contributed by atoms with E-state index < -0.39 is 15.8 Å². The Morgan fingerprint density at radius 2 is 2.06 bits per heavy atom. The predicted octanol–water partition coefficient (Wildman–Crippen LogP) is 1.94. The quantitative estimate of drug-likeness (QED) is 0.844. The molecule has 0 amide bonds. The second kappa shape index (κ2) is 5.35. The second-order valence-electron chi connectivity index (χ2n) is 4.35. The Bertz CT molecular complexity index is 484. The lowest BCUT2D eigenvalue weighted by atomic mass is 10.2. The van der Waals surface area contributed by atoms with Gasteiger partial charge in [0.1, 0.15) is 11.5 Å². The largest absolute Gasteiger partial charge is 0.475 e. The highest BCUT2D eigenvalue weighted by atomic mass is 32.2. The molecule has 1 rings (SSSR count). The molecule has 0 saturated heterocycles. The molecule has 0 saturated carbocycles. The topological polar surface area (TPSA) is 84.6 Å². The summed E-state index contributed by atoms with van der Waals surface area (Å²) >= 11 is 0. The van der Waals surface area contributed by atoms with Crippen LogP contribution < -0.4 is 0 Å². The summed E-state index contributed by atoms with van der Waals surface area (Å²) in [6, 6.07) is 2.64. The molecular formula is C11H16O5S. The summed E-state index contributed by atoms with van der Waals surface area (Å²) in [5.41, 5.74) is 0. The van der Waals surface area contributed by atoms with Gasteiger partial charge in [-0.1, -0.05) is 13.8 Å². The van der Waals surface area contributed by atoms with Crippen LogP contribution in [0.1, 0.15) is 36.6 Å². The number of aromatic carboxylic acids is 1. The average molecular weight is 260 g/mol. The number of furan rings is 1. The number of sulfone groups is 1. The van der Waals surface area contributed by atoms with Crippen LogP contribution in [0.2, 0.25) is 0 Å². The highest BCUT2D eigenvalue weighted by Gasteiger charge is 2.17. The van der Waals surface area contributed by atoms with Gasteiger partial charge < -0.3 is 9.52 Å². The normalized spacial score (nSPS) is 11.9. The van der Waals surface area contributed by atoms with Crippen LogP contribution in [0.3, 0.4) is 0 Å². The van der Waals surface area contributed by atoms with E-state index in [0.717, 1.165) is 0 Å². The van der Waals surface area contributed by atoms with Crippen LogP contribution in [0.4, 0.5) is 0 Å². The third-order valence-electron chi connectivity index (χ3n) is 2.24. The van der Waals surface area contributed by atoms with Crippen LogP contribution in [-0.2, 0) is 15.6 Å². The summed E-state index contributed by atoms with van der Waals surface area (Å²) in [5.74, 6) is -1.10. The van der Waals surface area contributed by atoms with Crippen LogP contribution in [0, 0.1) is 5.92 Å². The van der Waals surface area contributed by atoms with Gasteiger partial charge in [-0.3, -0.25) is 0 Å². The Balaban J connectivity index is 2.66. The minimum absolute atomic E-state index is 0.0910. The molecule has 17 heavy (non-hydrogen) atoms. The van der Waals surface area contributed by atoms with Crippen molar-refractivity contribution in [1.29, 1.82) is 0 Å². The Kier molecular flexibility index (Phi) is 4.34. The molecule has 0 aliphatic heterocycles. The highest BCUT2D eigenvalue weighted by Crippen LogP contribution is 2.13. The van der Waals surface area contributed by atoms with E-state index in [0.29, 0.717) is 12.3 Å². The summed E-state index contributed by atoms with van der Waals surface area (Å²) in [4.78, 5) is 10.6. The third-order valence-corrected chi connectivity index (χ3v) is 3.82. The van der Waals surface area contributed by atoms with E-state index in [1.807, 2.05) is 13.8 Å². The number of carboxylic acid groups (broad SMARTS) is 1. The highest BCUT2D eigenvalue weighted by molar-refractivity contribution is 7.90. The van der Waals surface area contributed by atoms with Crippen molar-refractivity contribution in [2.75, 3.05) is 5.75 Å². The number of carbonyl (C=O) groups is 1. The zero-order valence-electron chi connectivity index (χ0n) is 9.84. The maximum atomic E-state index is 11.7. The minimum atomic E-state index is -3.23. The Morgan fingerprint density at radius 3 is 2.53 bits per heavy atom. The van der Waals surface area contributed by atoms with Crippen LogP contribution >= 0.6 is 0 Å². The van der Waals surface area contributed by atoms with Crippen molar-refractivity contribution in [3.63, 3.8) is 0 Å². The molecule has 1 aromatic heterocycles.